The summed E-state index contributed by atoms with van der Waals surface area (Å²) in [6.45, 7) is 1.60. The Balaban J connectivity index is 1.44. The van der Waals surface area contributed by atoms with Gasteiger partial charge >= 0.3 is 0 Å². The van der Waals surface area contributed by atoms with Gasteiger partial charge in [0.05, 0.1) is 11.5 Å². The van der Waals surface area contributed by atoms with E-state index in [4.69, 9.17) is 0 Å². The molecule has 0 aliphatic heterocycles. The molecule has 2 atom stereocenters. The van der Waals surface area contributed by atoms with E-state index >= 15 is 0 Å². The van der Waals surface area contributed by atoms with E-state index in [-0.39, 0.29) is 17.9 Å². The molecule has 4 nitrogen and oxygen atoms in total. The molecule has 1 saturated carbocycles. The van der Waals surface area contributed by atoms with Gasteiger partial charge in [-0.05, 0) is 79.5 Å². The van der Waals surface area contributed by atoms with Crippen molar-refractivity contribution in [3.63, 3.8) is 0 Å². The molecule has 1 amide bonds. The summed E-state index contributed by atoms with van der Waals surface area (Å²) in [5.41, 5.74) is 5.28. The maximum atomic E-state index is 12.2. The van der Waals surface area contributed by atoms with Crippen molar-refractivity contribution < 1.29 is 13.2 Å². The summed E-state index contributed by atoms with van der Waals surface area (Å²) in [5.74, 6) is 1.41. The third-order valence-electron chi connectivity index (χ3n) is 6.86. The number of sulfone groups is 1. The molecule has 172 valence electrons. The Bertz CT molecular complexity index is 1030. The van der Waals surface area contributed by atoms with Crippen LogP contribution in [0, 0.1) is 5.92 Å². The minimum Gasteiger partial charge on any atom is -0.353 e. The van der Waals surface area contributed by atoms with E-state index in [2.05, 4.69) is 47.8 Å². The molecule has 0 spiro atoms. The Kier molecular flexibility index (Phi) is 7.34. The number of unbranched alkanes of at least 4 members (excludes halogenated alkanes) is 1. The van der Waals surface area contributed by atoms with Crippen molar-refractivity contribution in [3.05, 3.63) is 70.8 Å². The number of amides is 1. The van der Waals surface area contributed by atoms with Crippen LogP contribution >= 0.6 is 0 Å². The number of aryl methyl sites for hydroxylation is 2. The summed E-state index contributed by atoms with van der Waals surface area (Å²) in [6.07, 6.45) is 7.52. The predicted molar refractivity (Wildman–Crippen MR) is 130 cm³/mol. The molecule has 5 heteroatoms. The average molecular weight is 454 g/mol. The molecule has 32 heavy (non-hydrogen) atoms. The third kappa shape index (κ3) is 6.44. The number of hydrogen-bond acceptors (Lipinski definition) is 3. The molecule has 0 aromatic heterocycles. The van der Waals surface area contributed by atoms with Gasteiger partial charge in [-0.3, -0.25) is 4.79 Å². The van der Waals surface area contributed by atoms with Crippen molar-refractivity contribution in [1.82, 2.24) is 5.32 Å². The quantitative estimate of drug-likeness (QED) is 0.534. The molecule has 2 aliphatic rings. The summed E-state index contributed by atoms with van der Waals surface area (Å²) in [4.78, 5) is 11.9. The minimum absolute atomic E-state index is 0.0278. The van der Waals surface area contributed by atoms with E-state index in [1.54, 1.807) is 6.92 Å². The van der Waals surface area contributed by atoms with Crippen LogP contribution in [0.15, 0.2) is 48.5 Å². The zero-order valence-corrected chi connectivity index (χ0v) is 19.9. The number of rotatable bonds is 10. The Hall–Kier alpha value is -2.14. The van der Waals surface area contributed by atoms with E-state index < -0.39 is 9.84 Å². The number of carbonyl (C=O) groups is 1. The Morgan fingerprint density at radius 3 is 2.50 bits per heavy atom. The van der Waals surface area contributed by atoms with Crippen molar-refractivity contribution in [3.8, 4) is 0 Å². The van der Waals surface area contributed by atoms with Crippen molar-refractivity contribution in [1.29, 1.82) is 0 Å². The lowest BCUT2D eigenvalue weighted by molar-refractivity contribution is -0.119. The third-order valence-corrected chi connectivity index (χ3v) is 8.75. The van der Waals surface area contributed by atoms with Crippen LogP contribution in [0.25, 0.3) is 0 Å². The Labute approximate surface area is 192 Å². The second-order valence-corrected chi connectivity index (χ2v) is 11.9. The first-order chi connectivity index (χ1) is 15.4. The van der Waals surface area contributed by atoms with Gasteiger partial charge < -0.3 is 5.32 Å². The molecule has 0 heterocycles. The highest BCUT2D eigenvalue weighted by molar-refractivity contribution is 7.91. The van der Waals surface area contributed by atoms with Gasteiger partial charge in [0, 0.05) is 18.9 Å². The summed E-state index contributed by atoms with van der Waals surface area (Å²) < 4.78 is 24.4. The fourth-order valence-electron chi connectivity index (χ4n) is 5.03. The SMILES string of the molecule is CC(=O)NC1CCc2ccc(CCCCS(=O)(=O)CC3CC3)cc2C1Cc1ccccc1. The minimum atomic E-state index is -2.89. The molecule has 1 fully saturated rings. The summed E-state index contributed by atoms with van der Waals surface area (Å²) in [6, 6.07) is 17.4. The van der Waals surface area contributed by atoms with Crippen LogP contribution < -0.4 is 5.32 Å². The van der Waals surface area contributed by atoms with Crippen molar-refractivity contribution in [2.45, 2.75) is 70.3 Å². The number of nitrogens with one attached hydrogen (secondary N) is 1. The predicted octanol–water partition coefficient (Wildman–Crippen LogP) is 4.61. The van der Waals surface area contributed by atoms with Gasteiger partial charge in [-0.2, -0.15) is 0 Å². The zero-order valence-electron chi connectivity index (χ0n) is 19.1. The first-order valence-electron chi connectivity index (χ1n) is 12.0. The highest BCUT2D eigenvalue weighted by atomic mass is 32.2. The van der Waals surface area contributed by atoms with Crippen LogP contribution in [0.4, 0.5) is 0 Å². The topological polar surface area (TPSA) is 63.2 Å². The second-order valence-electron chi connectivity index (χ2n) is 9.69. The van der Waals surface area contributed by atoms with Crippen molar-refractivity contribution in [2.75, 3.05) is 11.5 Å². The van der Waals surface area contributed by atoms with Crippen LogP contribution in [-0.2, 0) is 33.9 Å². The summed E-state index contributed by atoms with van der Waals surface area (Å²) in [7, 11) is -2.89. The van der Waals surface area contributed by atoms with Gasteiger partial charge in [0.2, 0.25) is 5.91 Å². The number of fused-ring (bicyclic) bond motifs is 1. The highest BCUT2D eigenvalue weighted by Gasteiger charge is 2.30. The normalized spacial score (nSPS) is 20.5. The lowest BCUT2D eigenvalue weighted by Gasteiger charge is -2.34. The Morgan fingerprint density at radius 1 is 1.00 bits per heavy atom. The molecular weight excluding hydrogens is 418 g/mol. The van der Waals surface area contributed by atoms with E-state index in [1.807, 2.05) is 6.07 Å². The number of carbonyl (C=O) groups excluding carboxylic acids is 1. The van der Waals surface area contributed by atoms with Gasteiger partial charge in [-0.25, -0.2) is 8.42 Å². The summed E-state index contributed by atoms with van der Waals surface area (Å²) in [5, 5.41) is 3.20. The molecule has 0 radical (unpaired) electrons. The monoisotopic (exact) mass is 453 g/mol. The van der Waals surface area contributed by atoms with Gasteiger partial charge in [-0.1, -0.05) is 48.5 Å². The van der Waals surface area contributed by atoms with Crippen LogP contribution in [0.1, 0.15) is 67.2 Å². The van der Waals surface area contributed by atoms with Crippen LogP contribution in [-0.4, -0.2) is 31.9 Å². The Morgan fingerprint density at radius 2 is 1.78 bits per heavy atom. The fraction of sp³-hybridized carbons (Fsp3) is 0.519. The second kappa shape index (κ2) is 10.2. The fourth-order valence-corrected chi connectivity index (χ4v) is 6.90. The van der Waals surface area contributed by atoms with E-state index in [0.29, 0.717) is 17.4 Å². The lowest BCUT2D eigenvalue weighted by atomic mass is 9.75. The lowest BCUT2D eigenvalue weighted by Crippen LogP contribution is -2.41. The zero-order chi connectivity index (χ0) is 22.6. The van der Waals surface area contributed by atoms with E-state index in [9.17, 15) is 13.2 Å². The number of hydrogen-bond donors (Lipinski definition) is 1. The first-order valence-corrected chi connectivity index (χ1v) is 13.8. The standard InChI is InChI=1S/C27H35NO3S/c1-20(29)28-27-15-14-24-13-12-22(9-5-6-16-32(30,31)19-23-10-11-23)17-25(24)26(27)18-21-7-3-2-4-8-21/h2-4,7-8,12-13,17,23,26-27H,5-6,9-11,14-16,18-19H2,1H3,(H,28,29). The summed E-state index contributed by atoms with van der Waals surface area (Å²) >= 11 is 0. The van der Waals surface area contributed by atoms with Gasteiger partial charge in [-0.15, -0.1) is 0 Å². The van der Waals surface area contributed by atoms with E-state index in [1.165, 1.54) is 22.3 Å². The maximum Gasteiger partial charge on any atom is 0.217 e. The van der Waals surface area contributed by atoms with Crippen molar-refractivity contribution in [2.24, 2.45) is 5.92 Å². The first kappa shape index (κ1) is 23.0. The van der Waals surface area contributed by atoms with Crippen LogP contribution in [0.5, 0.6) is 0 Å². The van der Waals surface area contributed by atoms with Gasteiger partial charge in [0.1, 0.15) is 0 Å². The van der Waals surface area contributed by atoms with Gasteiger partial charge in [0.15, 0.2) is 9.84 Å². The number of benzene rings is 2. The molecule has 2 aromatic carbocycles. The molecule has 0 saturated heterocycles. The van der Waals surface area contributed by atoms with Crippen LogP contribution in [0.2, 0.25) is 0 Å². The molecule has 4 rings (SSSR count). The molecule has 2 unspecified atom stereocenters. The smallest absolute Gasteiger partial charge is 0.217 e. The largest absolute Gasteiger partial charge is 0.353 e. The molecule has 2 aliphatic carbocycles. The molecule has 1 N–H and O–H groups in total. The molecule has 2 aromatic rings. The van der Waals surface area contributed by atoms with Crippen molar-refractivity contribution >= 4 is 15.7 Å². The van der Waals surface area contributed by atoms with E-state index in [0.717, 1.165) is 51.4 Å². The average Bonchev–Trinajstić information content (AvgIpc) is 3.56. The maximum absolute atomic E-state index is 12.2. The van der Waals surface area contributed by atoms with Crippen LogP contribution in [0.3, 0.4) is 0 Å². The molecular formula is C27H35NO3S. The highest BCUT2D eigenvalue weighted by Crippen LogP contribution is 2.35. The van der Waals surface area contributed by atoms with Gasteiger partial charge in [0.25, 0.3) is 0 Å². The molecule has 0 bridgehead atoms.